The molecule has 116 valence electrons. The Labute approximate surface area is 133 Å². The van der Waals surface area contributed by atoms with Crippen LogP contribution in [-0.4, -0.2) is 40.5 Å². The van der Waals surface area contributed by atoms with Crippen molar-refractivity contribution in [3.8, 4) is 0 Å². The van der Waals surface area contributed by atoms with Crippen molar-refractivity contribution in [2.75, 3.05) is 13.2 Å². The molecule has 6 heteroatoms. The van der Waals surface area contributed by atoms with Crippen LogP contribution in [0.25, 0.3) is 0 Å². The van der Waals surface area contributed by atoms with E-state index in [0.29, 0.717) is 18.3 Å². The number of rotatable bonds is 6. The van der Waals surface area contributed by atoms with E-state index in [-0.39, 0.29) is 24.5 Å². The third-order valence-corrected chi connectivity index (χ3v) is 3.90. The number of halogens is 1. The van der Waals surface area contributed by atoms with Gasteiger partial charge in [0.25, 0.3) is 5.91 Å². The lowest BCUT2D eigenvalue weighted by Gasteiger charge is -2.26. The molecule has 1 amide bonds. The molecular formula is C15H21BrN2O3. The molecule has 0 aliphatic heterocycles. The summed E-state index contributed by atoms with van der Waals surface area (Å²) in [6, 6.07) is 2.16. The van der Waals surface area contributed by atoms with Crippen molar-refractivity contribution in [2.45, 2.75) is 45.7 Å². The number of carbonyl (C=O) groups excluding carboxylic acids is 2. The van der Waals surface area contributed by atoms with Gasteiger partial charge in [-0.3, -0.25) is 9.59 Å². The van der Waals surface area contributed by atoms with Gasteiger partial charge in [-0.1, -0.05) is 0 Å². The van der Waals surface area contributed by atoms with Crippen LogP contribution in [-0.2, 0) is 9.53 Å². The number of hydrogen-bond acceptors (Lipinski definition) is 3. The molecule has 0 N–H and O–H groups in total. The van der Waals surface area contributed by atoms with Gasteiger partial charge in [-0.2, -0.15) is 0 Å². The molecule has 2 rings (SSSR count). The Hall–Kier alpha value is -1.30. The summed E-state index contributed by atoms with van der Waals surface area (Å²) < 4.78 is 7.85. The Bertz CT molecular complexity index is 535. The Morgan fingerprint density at radius 1 is 1.48 bits per heavy atom. The first-order valence-electron chi connectivity index (χ1n) is 7.28. The molecule has 1 fully saturated rings. The summed E-state index contributed by atoms with van der Waals surface area (Å²) in [7, 11) is 0. The molecular weight excluding hydrogens is 336 g/mol. The molecule has 0 bridgehead atoms. The molecule has 0 spiro atoms. The molecule has 1 aromatic rings. The zero-order chi connectivity index (χ0) is 15.6. The van der Waals surface area contributed by atoms with Gasteiger partial charge in [0.05, 0.1) is 6.61 Å². The van der Waals surface area contributed by atoms with E-state index >= 15 is 0 Å². The highest BCUT2D eigenvalue weighted by atomic mass is 79.9. The molecule has 1 saturated carbocycles. The van der Waals surface area contributed by atoms with Crippen molar-refractivity contribution in [3.63, 3.8) is 0 Å². The quantitative estimate of drug-likeness (QED) is 0.736. The molecule has 5 nitrogen and oxygen atoms in total. The van der Waals surface area contributed by atoms with E-state index in [9.17, 15) is 9.59 Å². The Morgan fingerprint density at radius 2 is 2.14 bits per heavy atom. The monoisotopic (exact) mass is 356 g/mol. The summed E-state index contributed by atoms with van der Waals surface area (Å²) in [6.45, 7) is 5.86. The number of nitrogens with zero attached hydrogens (tertiary/aromatic N) is 2. The van der Waals surface area contributed by atoms with Crippen LogP contribution < -0.4 is 0 Å². The smallest absolute Gasteiger partial charge is 0.325 e. The lowest BCUT2D eigenvalue weighted by Crippen LogP contribution is -2.42. The lowest BCUT2D eigenvalue weighted by molar-refractivity contribution is -0.144. The molecule has 1 aliphatic carbocycles. The largest absolute Gasteiger partial charge is 0.465 e. The minimum absolute atomic E-state index is 0.0161. The van der Waals surface area contributed by atoms with Crippen LogP contribution >= 0.6 is 15.9 Å². The van der Waals surface area contributed by atoms with Crippen LogP contribution in [0.2, 0.25) is 0 Å². The van der Waals surface area contributed by atoms with Gasteiger partial charge in [0.1, 0.15) is 12.2 Å². The third kappa shape index (κ3) is 3.87. The standard InChI is InChI=1S/C15H21BrN2O3/c1-4-21-14(19)9-17(10(2)3)15(20)13-7-11(16)8-18(13)12-5-6-12/h7-8,10,12H,4-6,9H2,1-3H3. The third-order valence-electron chi connectivity index (χ3n) is 3.46. The second-order valence-corrected chi connectivity index (χ2v) is 6.43. The zero-order valence-electron chi connectivity index (χ0n) is 12.6. The molecule has 1 aromatic heterocycles. The maximum Gasteiger partial charge on any atom is 0.325 e. The number of carbonyl (C=O) groups is 2. The first-order valence-corrected chi connectivity index (χ1v) is 8.07. The maximum absolute atomic E-state index is 12.8. The normalized spacial score (nSPS) is 14.3. The Morgan fingerprint density at radius 3 is 2.67 bits per heavy atom. The summed E-state index contributed by atoms with van der Waals surface area (Å²) in [5.41, 5.74) is 0.627. The van der Waals surface area contributed by atoms with Crippen molar-refractivity contribution in [1.82, 2.24) is 9.47 Å². The van der Waals surface area contributed by atoms with Gasteiger partial charge in [-0.05, 0) is 55.6 Å². The van der Waals surface area contributed by atoms with Crippen molar-refractivity contribution in [2.24, 2.45) is 0 Å². The number of ether oxygens (including phenoxy) is 1. The number of esters is 1. The van der Waals surface area contributed by atoms with Crippen LogP contribution in [0.1, 0.15) is 50.1 Å². The first-order chi connectivity index (χ1) is 9.93. The van der Waals surface area contributed by atoms with Gasteiger partial charge in [-0.25, -0.2) is 0 Å². The molecule has 0 unspecified atom stereocenters. The maximum atomic E-state index is 12.8. The molecule has 21 heavy (non-hydrogen) atoms. The minimum Gasteiger partial charge on any atom is -0.465 e. The van der Waals surface area contributed by atoms with Gasteiger partial charge < -0.3 is 14.2 Å². The highest BCUT2D eigenvalue weighted by Crippen LogP contribution is 2.37. The predicted octanol–water partition coefficient (Wildman–Crippen LogP) is 3.00. The molecule has 0 atom stereocenters. The van der Waals surface area contributed by atoms with Gasteiger partial charge in [0.2, 0.25) is 0 Å². The topological polar surface area (TPSA) is 51.5 Å². The van der Waals surface area contributed by atoms with E-state index < -0.39 is 0 Å². The van der Waals surface area contributed by atoms with Crippen LogP contribution in [0, 0.1) is 0 Å². The van der Waals surface area contributed by atoms with Crippen LogP contribution in [0.5, 0.6) is 0 Å². The van der Waals surface area contributed by atoms with Crippen molar-refractivity contribution >= 4 is 27.8 Å². The summed E-state index contributed by atoms with van der Waals surface area (Å²) in [6.07, 6.45) is 4.13. The van der Waals surface area contributed by atoms with Gasteiger partial charge in [-0.15, -0.1) is 0 Å². The van der Waals surface area contributed by atoms with E-state index in [4.69, 9.17) is 4.74 Å². The zero-order valence-corrected chi connectivity index (χ0v) is 14.2. The molecule has 1 heterocycles. The number of amides is 1. The first kappa shape index (κ1) is 16.1. The summed E-state index contributed by atoms with van der Waals surface area (Å²) in [5, 5.41) is 0. The summed E-state index contributed by atoms with van der Waals surface area (Å²) in [4.78, 5) is 26.0. The Balaban J connectivity index is 2.20. The average Bonchev–Trinajstić information content (AvgIpc) is 3.18. The van der Waals surface area contributed by atoms with Crippen LogP contribution in [0.15, 0.2) is 16.7 Å². The van der Waals surface area contributed by atoms with Crippen molar-refractivity contribution in [1.29, 1.82) is 0 Å². The molecule has 1 aliphatic rings. The highest BCUT2D eigenvalue weighted by molar-refractivity contribution is 9.10. The van der Waals surface area contributed by atoms with Crippen LogP contribution in [0.3, 0.4) is 0 Å². The van der Waals surface area contributed by atoms with Gasteiger partial charge >= 0.3 is 5.97 Å². The second-order valence-electron chi connectivity index (χ2n) is 5.51. The average molecular weight is 357 g/mol. The second kappa shape index (κ2) is 6.64. The SMILES string of the molecule is CCOC(=O)CN(C(=O)c1cc(Br)cn1C1CC1)C(C)C. The fourth-order valence-corrected chi connectivity index (χ4v) is 2.69. The molecule has 0 radical (unpaired) electrons. The lowest BCUT2D eigenvalue weighted by atomic mass is 10.2. The van der Waals surface area contributed by atoms with Crippen molar-refractivity contribution < 1.29 is 14.3 Å². The van der Waals surface area contributed by atoms with E-state index in [0.717, 1.165) is 17.3 Å². The van der Waals surface area contributed by atoms with E-state index in [1.807, 2.05) is 30.7 Å². The molecule has 0 aromatic carbocycles. The highest BCUT2D eigenvalue weighted by Gasteiger charge is 2.31. The van der Waals surface area contributed by atoms with Gasteiger partial charge in [0.15, 0.2) is 0 Å². The van der Waals surface area contributed by atoms with Crippen LogP contribution in [0.4, 0.5) is 0 Å². The van der Waals surface area contributed by atoms with Crippen molar-refractivity contribution in [3.05, 3.63) is 22.4 Å². The minimum atomic E-state index is -0.372. The fraction of sp³-hybridized carbons (Fsp3) is 0.600. The summed E-state index contributed by atoms with van der Waals surface area (Å²) in [5.74, 6) is -0.501. The number of aromatic nitrogens is 1. The predicted molar refractivity (Wildman–Crippen MR) is 83.2 cm³/mol. The van der Waals surface area contributed by atoms with E-state index in [2.05, 4.69) is 15.9 Å². The molecule has 0 saturated heterocycles. The van der Waals surface area contributed by atoms with E-state index in [1.54, 1.807) is 11.8 Å². The van der Waals surface area contributed by atoms with Gasteiger partial charge in [0, 0.05) is 22.8 Å². The fourth-order valence-electron chi connectivity index (χ4n) is 2.25. The van der Waals surface area contributed by atoms with E-state index in [1.165, 1.54) is 0 Å². The summed E-state index contributed by atoms with van der Waals surface area (Å²) >= 11 is 3.43. The Kier molecular flexibility index (Phi) is 5.08. The number of hydrogen-bond donors (Lipinski definition) is 0.